The van der Waals surface area contributed by atoms with Crippen molar-refractivity contribution in [3.05, 3.63) is 24.3 Å². The fourth-order valence-corrected chi connectivity index (χ4v) is 2.90. The van der Waals surface area contributed by atoms with Crippen LogP contribution in [-0.2, 0) is 0 Å². The molecular weight excluding hydrogens is 260 g/mol. The second-order valence-corrected chi connectivity index (χ2v) is 5.72. The Balaban J connectivity index is 2.00. The Hall–Kier alpha value is -1.84. The molecule has 0 saturated carbocycles. The summed E-state index contributed by atoms with van der Waals surface area (Å²) in [5, 5.41) is 4.50. The van der Waals surface area contributed by atoms with Crippen molar-refractivity contribution in [2.75, 3.05) is 29.9 Å². The number of aromatic nitrogens is 2. The zero-order valence-corrected chi connectivity index (χ0v) is 12.8. The highest BCUT2D eigenvalue weighted by atomic mass is 15.2. The first kappa shape index (κ1) is 14.1. The predicted octanol–water partition coefficient (Wildman–Crippen LogP) is 3.83. The van der Waals surface area contributed by atoms with E-state index in [1.165, 1.54) is 31.1 Å². The maximum Gasteiger partial charge on any atom is 0.225 e. The number of hydrogen-bond acceptors (Lipinski definition) is 4. The highest BCUT2D eigenvalue weighted by Crippen LogP contribution is 2.27. The molecule has 0 spiro atoms. The summed E-state index contributed by atoms with van der Waals surface area (Å²) in [6.45, 7) is 5.28. The minimum atomic E-state index is 0.759. The van der Waals surface area contributed by atoms with Gasteiger partial charge in [-0.25, -0.2) is 4.98 Å². The molecule has 21 heavy (non-hydrogen) atoms. The normalized spacial score (nSPS) is 16.0. The van der Waals surface area contributed by atoms with Crippen LogP contribution in [0, 0.1) is 0 Å². The molecule has 1 aromatic carbocycles. The first-order valence-corrected chi connectivity index (χ1v) is 8.14. The number of nitrogens with zero attached hydrogens (tertiary/aromatic N) is 3. The Morgan fingerprint density at radius 2 is 1.81 bits per heavy atom. The van der Waals surface area contributed by atoms with E-state index in [9.17, 15) is 0 Å². The van der Waals surface area contributed by atoms with Crippen molar-refractivity contribution in [2.24, 2.45) is 0 Å². The zero-order chi connectivity index (χ0) is 14.5. The maximum absolute atomic E-state index is 4.81. The van der Waals surface area contributed by atoms with E-state index in [0.29, 0.717) is 0 Å². The molecule has 4 nitrogen and oxygen atoms in total. The van der Waals surface area contributed by atoms with Gasteiger partial charge in [0, 0.05) is 25.0 Å². The van der Waals surface area contributed by atoms with E-state index in [4.69, 9.17) is 4.98 Å². The third-order valence-electron chi connectivity index (χ3n) is 4.02. The average molecular weight is 284 g/mol. The minimum Gasteiger partial charge on any atom is -0.356 e. The van der Waals surface area contributed by atoms with Crippen molar-refractivity contribution in [3.63, 3.8) is 0 Å². The third-order valence-corrected chi connectivity index (χ3v) is 4.02. The Bertz CT molecular complexity index is 588. The SMILES string of the molecule is CCCNc1nc(N2CCCCCC2)c2ccccc2n1. The van der Waals surface area contributed by atoms with Gasteiger partial charge in [0.15, 0.2) is 0 Å². The number of fused-ring (bicyclic) bond motifs is 1. The molecule has 1 aliphatic rings. The van der Waals surface area contributed by atoms with Gasteiger partial charge in [-0.05, 0) is 31.4 Å². The van der Waals surface area contributed by atoms with Crippen molar-refractivity contribution in [3.8, 4) is 0 Å². The second-order valence-electron chi connectivity index (χ2n) is 5.72. The highest BCUT2D eigenvalue weighted by molar-refractivity contribution is 5.90. The molecular formula is C17H24N4. The number of hydrogen-bond donors (Lipinski definition) is 1. The van der Waals surface area contributed by atoms with Crippen LogP contribution in [0.3, 0.4) is 0 Å². The molecule has 3 rings (SSSR count). The largest absolute Gasteiger partial charge is 0.356 e. The first-order chi connectivity index (χ1) is 10.4. The summed E-state index contributed by atoms with van der Waals surface area (Å²) in [7, 11) is 0. The fourth-order valence-electron chi connectivity index (χ4n) is 2.90. The monoisotopic (exact) mass is 284 g/mol. The Labute approximate surface area is 126 Å². The van der Waals surface area contributed by atoms with Crippen molar-refractivity contribution < 1.29 is 0 Å². The molecule has 112 valence electrons. The average Bonchev–Trinajstić information content (AvgIpc) is 2.81. The quantitative estimate of drug-likeness (QED) is 0.926. The van der Waals surface area contributed by atoms with Crippen LogP contribution in [0.5, 0.6) is 0 Å². The molecule has 0 unspecified atom stereocenters. The predicted molar refractivity (Wildman–Crippen MR) is 89.0 cm³/mol. The molecule has 1 aromatic heterocycles. The van der Waals surface area contributed by atoms with Gasteiger partial charge in [0.2, 0.25) is 5.95 Å². The van der Waals surface area contributed by atoms with Gasteiger partial charge in [0.1, 0.15) is 5.82 Å². The van der Waals surface area contributed by atoms with Gasteiger partial charge in [0.05, 0.1) is 5.52 Å². The van der Waals surface area contributed by atoms with Crippen LogP contribution in [0.25, 0.3) is 10.9 Å². The molecule has 0 bridgehead atoms. The summed E-state index contributed by atoms with van der Waals surface area (Å²) in [5.41, 5.74) is 1.03. The summed E-state index contributed by atoms with van der Waals surface area (Å²) in [6, 6.07) is 8.34. The molecule has 0 radical (unpaired) electrons. The summed E-state index contributed by atoms with van der Waals surface area (Å²) < 4.78 is 0. The lowest BCUT2D eigenvalue weighted by Crippen LogP contribution is -2.25. The van der Waals surface area contributed by atoms with Gasteiger partial charge in [0.25, 0.3) is 0 Å². The molecule has 2 aromatic rings. The molecule has 1 N–H and O–H groups in total. The molecule has 2 heterocycles. The van der Waals surface area contributed by atoms with E-state index in [-0.39, 0.29) is 0 Å². The second kappa shape index (κ2) is 6.74. The van der Waals surface area contributed by atoms with Crippen LogP contribution in [0.4, 0.5) is 11.8 Å². The van der Waals surface area contributed by atoms with Crippen molar-refractivity contribution in [1.82, 2.24) is 9.97 Å². The lowest BCUT2D eigenvalue weighted by molar-refractivity contribution is 0.726. The Kier molecular flexibility index (Phi) is 4.53. The number of nitrogens with one attached hydrogen (secondary N) is 1. The molecule has 0 aliphatic carbocycles. The Morgan fingerprint density at radius 1 is 1.05 bits per heavy atom. The van der Waals surface area contributed by atoms with Crippen molar-refractivity contribution in [2.45, 2.75) is 39.0 Å². The third kappa shape index (κ3) is 3.26. The molecule has 1 fully saturated rings. The van der Waals surface area contributed by atoms with E-state index in [0.717, 1.165) is 43.3 Å². The van der Waals surface area contributed by atoms with Gasteiger partial charge in [-0.3, -0.25) is 0 Å². The maximum atomic E-state index is 4.81. The molecule has 1 saturated heterocycles. The van der Waals surface area contributed by atoms with Crippen LogP contribution in [0.15, 0.2) is 24.3 Å². The van der Waals surface area contributed by atoms with E-state index in [1.54, 1.807) is 0 Å². The van der Waals surface area contributed by atoms with Crippen molar-refractivity contribution >= 4 is 22.7 Å². The van der Waals surface area contributed by atoms with Gasteiger partial charge in [-0.1, -0.05) is 31.9 Å². The van der Waals surface area contributed by atoms with Crippen LogP contribution in [-0.4, -0.2) is 29.6 Å². The van der Waals surface area contributed by atoms with Gasteiger partial charge in [-0.2, -0.15) is 4.98 Å². The minimum absolute atomic E-state index is 0.759. The number of benzene rings is 1. The molecule has 1 aliphatic heterocycles. The van der Waals surface area contributed by atoms with Gasteiger partial charge < -0.3 is 10.2 Å². The summed E-state index contributed by atoms with van der Waals surface area (Å²) in [4.78, 5) is 11.9. The van der Waals surface area contributed by atoms with Gasteiger partial charge in [-0.15, -0.1) is 0 Å². The fraction of sp³-hybridized carbons (Fsp3) is 0.529. The molecule has 0 amide bonds. The topological polar surface area (TPSA) is 41.1 Å². The van der Waals surface area contributed by atoms with Crippen molar-refractivity contribution in [1.29, 1.82) is 0 Å². The van der Waals surface area contributed by atoms with E-state index >= 15 is 0 Å². The van der Waals surface area contributed by atoms with Crippen LogP contribution in [0.1, 0.15) is 39.0 Å². The van der Waals surface area contributed by atoms with E-state index in [1.807, 2.05) is 6.07 Å². The smallest absolute Gasteiger partial charge is 0.225 e. The first-order valence-electron chi connectivity index (χ1n) is 8.14. The van der Waals surface area contributed by atoms with E-state index < -0.39 is 0 Å². The summed E-state index contributed by atoms with van der Waals surface area (Å²) >= 11 is 0. The highest BCUT2D eigenvalue weighted by Gasteiger charge is 2.15. The van der Waals surface area contributed by atoms with Crippen LogP contribution >= 0.6 is 0 Å². The zero-order valence-electron chi connectivity index (χ0n) is 12.8. The standard InChI is InChI=1S/C17H24N4/c1-2-11-18-17-19-15-10-6-5-9-14(15)16(20-17)21-12-7-3-4-8-13-21/h5-6,9-10H,2-4,7-8,11-13H2,1H3,(H,18,19,20). The summed E-state index contributed by atoms with van der Waals surface area (Å²) in [5.74, 6) is 1.86. The lowest BCUT2D eigenvalue weighted by atomic mass is 10.2. The number of rotatable bonds is 4. The molecule has 0 atom stereocenters. The van der Waals surface area contributed by atoms with E-state index in [2.05, 4.69) is 40.3 Å². The summed E-state index contributed by atoms with van der Waals surface area (Å²) in [6.07, 6.45) is 6.27. The van der Waals surface area contributed by atoms with Crippen LogP contribution < -0.4 is 10.2 Å². The van der Waals surface area contributed by atoms with Gasteiger partial charge >= 0.3 is 0 Å². The Morgan fingerprint density at radius 3 is 2.57 bits per heavy atom. The van der Waals surface area contributed by atoms with Crippen LogP contribution in [0.2, 0.25) is 0 Å². The lowest BCUT2D eigenvalue weighted by Gasteiger charge is -2.23. The number of anilines is 2. The number of para-hydroxylation sites is 1. The molecule has 4 heteroatoms.